The van der Waals surface area contributed by atoms with E-state index in [1.54, 1.807) is 0 Å². The molecule has 0 heterocycles. The van der Waals surface area contributed by atoms with Crippen LogP contribution in [0.3, 0.4) is 0 Å². The highest BCUT2D eigenvalue weighted by molar-refractivity contribution is 5.81. The summed E-state index contributed by atoms with van der Waals surface area (Å²) in [4.78, 5) is 11.5. The van der Waals surface area contributed by atoms with E-state index in [2.05, 4.69) is 5.32 Å². The zero-order chi connectivity index (χ0) is 12.0. The first-order valence-electron chi connectivity index (χ1n) is 5.22. The van der Waals surface area contributed by atoms with Crippen LogP contribution >= 0.6 is 0 Å². The molecule has 4 nitrogen and oxygen atoms in total. The number of nitrogens with one attached hydrogen (secondary N) is 1. The van der Waals surface area contributed by atoms with Gasteiger partial charge >= 0.3 is 0 Å². The van der Waals surface area contributed by atoms with Crippen molar-refractivity contribution in [2.24, 2.45) is 5.73 Å². The predicted molar refractivity (Wildman–Crippen MR) is 62.9 cm³/mol. The molecule has 0 aliphatic heterocycles. The van der Waals surface area contributed by atoms with Crippen LogP contribution in [0.5, 0.6) is 0 Å². The fourth-order valence-corrected chi connectivity index (χ4v) is 1.38. The third-order valence-electron chi connectivity index (χ3n) is 2.40. The molecule has 0 saturated carbocycles. The molecule has 16 heavy (non-hydrogen) atoms. The largest absolute Gasteiger partial charge is 0.383 e. The van der Waals surface area contributed by atoms with Gasteiger partial charge in [0.15, 0.2) is 0 Å². The van der Waals surface area contributed by atoms with Gasteiger partial charge in [-0.3, -0.25) is 4.79 Å². The second kappa shape index (κ2) is 6.25. The molecule has 0 spiro atoms. The maximum Gasteiger partial charge on any atom is 0.239 e. The Kier molecular flexibility index (Phi) is 4.95. The van der Waals surface area contributed by atoms with E-state index in [0.29, 0.717) is 6.54 Å². The smallest absolute Gasteiger partial charge is 0.239 e. The van der Waals surface area contributed by atoms with Gasteiger partial charge in [-0.1, -0.05) is 24.3 Å². The minimum atomic E-state index is -0.603. The number of benzene rings is 1. The van der Waals surface area contributed by atoms with Crippen LogP contribution < -0.4 is 11.1 Å². The molecule has 0 aliphatic carbocycles. The van der Waals surface area contributed by atoms with E-state index >= 15 is 0 Å². The Bertz CT molecular complexity index is 353. The summed E-state index contributed by atoms with van der Waals surface area (Å²) in [7, 11) is 1.52. The lowest BCUT2D eigenvalue weighted by Crippen LogP contribution is -2.43. The molecule has 88 valence electrons. The Hall–Kier alpha value is -1.39. The molecule has 1 atom stereocenters. The van der Waals surface area contributed by atoms with E-state index in [0.717, 1.165) is 11.1 Å². The van der Waals surface area contributed by atoms with Crippen molar-refractivity contribution in [2.75, 3.05) is 13.7 Å². The first-order chi connectivity index (χ1) is 7.65. The number of rotatable bonds is 5. The molecule has 0 aromatic heterocycles. The van der Waals surface area contributed by atoms with Gasteiger partial charge < -0.3 is 15.8 Å². The van der Waals surface area contributed by atoms with E-state index in [1.165, 1.54) is 7.11 Å². The van der Waals surface area contributed by atoms with Crippen molar-refractivity contribution >= 4 is 5.91 Å². The van der Waals surface area contributed by atoms with Crippen molar-refractivity contribution in [3.8, 4) is 0 Å². The van der Waals surface area contributed by atoms with Crippen molar-refractivity contribution < 1.29 is 9.53 Å². The zero-order valence-electron chi connectivity index (χ0n) is 9.69. The van der Waals surface area contributed by atoms with Crippen LogP contribution in [-0.4, -0.2) is 25.7 Å². The quantitative estimate of drug-likeness (QED) is 0.766. The summed E-state index contributed by atoms with van der Waals surface area (Å²) in [6.45, 7) is 2.75. The summed E-state index contributed by atoms with van der Waals surface area (Å²) in [6, 6.07) is 7.31. The molecule has 1 amide bonds. The normalized spacial score (nSPS) is 12.2. The fraction of sp³-hybridized carbons (Fsp3) is 0.417. The van der Waals surface area contributed by atoms with Crippen LogP contribution in [-0.2, 0) is 16.1 Å². The average molecular weight is 222 g/mol. The van der Waals surface area contributed by atoms with Crippen LogP contribution in [0.15, 0.2) is 24.3 Å². The van der Waals surface area contributed by atoms with Crippen LogP contribution in [0, 0.1) is 6.92 Å². The number of hydrogen-bond donors (Lipinski definition) is 2. The summed E-state index contributed by atoms with van der Waals surface area (Å²) in [5, 5.41) is 2.78. The number of nitrogens with two attached hydrogens (primary N) is 1. The summed E-state index contributed by atoms with van der Waals surface area (Å²) < 4.78 is 4.81. The predicted octanol–water partition coefficient (Wildman–Crippen LogP) is 0.585. The van der Waals surface area contributed by atoms with Gasteiger partial charge in [0.25, 0.3) is 0 Å². The molecule has 0 fully saturated rings. The second-order valence-corrected chi connectivity index (χ2v) is 3.71. The second-order valence-electron chi connectivity index (χ2n) is 3.71. The van der Waals surface area contributed by atoms with Crippen LogP contribution in [0.25, 0.3) is 0 Å². The lowest BCUT2D eigenvalue weighted by Gasteiger charge is -2.12. The van der Waals surface area contributed by atoms with Crippen LogP contribution in [0.2, 0.25) is 0 Å². The molecule has 0 aliphatic rings. The molecule has 0 bridgehead atoms. The molecule has 0 radical (unpaired) electrons. The molecule has 4 heteroatoms. The maximum atomic E-state index is 11.5. The van der Waals surface area contributed by atoms with Gasteiger partial charge in [0, 0.05) is 13.7 Å². The number of carbonyl (C=O) groups is 1. The Morgan fingerprint density at radius 2 is 2.19 bits per heavy atom. The minimum Gasteiger partial charge on any atom is -0.383 e. The summed E-state index contributed by atoms with van der Waals surface area (Å²) >= 11 is 0. The molecule has 3 N–H and O–H groups in total. The Morgan fingerprint density at radius 1 is 1.50 bits per heavy atom. The molecule has 1 aromatic carbocycles. The molecule has 1 unspecified atom stereocenters. The molecular formula is C12H18N2O2. The van der Waals surface area contributed by atoms with E-state index in [1.807, 2.05) is 31.2 Å². The van der Waals surface area contributed by atoms with Crippen LogP contribution in [0.1, 0.15) is 11.1 Å². The third-order valence-corrected chi connectivity index (χ3v) is 2.40. The monoisotopic (exact) mass is 222 g/mol. The van der Waals surface area contributed by atoms with Gasteiger partial charge in [0.1, 0.15) is 6.04 Å². The number of methoxy groups -OCH3 is 1. The molecular weight excluding hydrogens is 204 g/mol. The van der Waals surface area contributed by atoms with Crippen molar-refractivity contribution in [3.05, 3.63) is 35.4 Å². The van der Waals surface area contributed by atoms with E-state index in [-0.39, 0.29) is 12.5 Å². The van der Waals surface area contributed by atoms with Gasteiger partial charge in [-0.25, -0.2) is 0 Å². The number of ether oxygens (including phenoxy) is 1. The standard InChI is InChI=1S/C12H18N2O2/c1-9-5-3-4-6-10(9)7-14-12(15)11(13)8-16-2/h3-6,11H,7-8,13H2,1-2H3,(H,14,15). The minimum absolute atomic E-state index is 0.190. The average Bonchev–Trinajstić information content (AvgIpc) is 2.28. The van der Waals surface area contributed by atoms with Crippen molar-refractivity contribution in [1.29, 1.82) is 0 Å². The fourth-order valence-electron chi connectivity index (χ4n) is 1.38. The molecule has 1 rings (SSSR count). The van der Waals surface area contributed by atoms with Gasteiger partial charge in [-0.2, -0.15) is 0 Å². The number of aryl methyl sites for hydroxylation is 1. The third kappa shape index (κ3) is 3.64. The maximum absolute atomic E-state index is 11.5. The first kappa shape index (κ1) is 12.7. The highest BCUT2D eigenvalue weighted by Gasteiger charge is 2.12. The van der Waals surface area contributed by atoms with Crippen LogP contribution in [0.4, 0.5) is 0 Å². The Morgan fingerprint density at radius 3 is 2.81 bits per heavy atom. The highest BCUT2D eigenvalue weighted by atomic mass is 16.5. The Labute approximate surface area is 95.8 Å². The van der Waals surface area contributed by atoms with Gasteiger partial charge in [0.2, 0.25) is 5.91 Å². The number of amides is 1. The summed E-state index contributed by atoms with van der Waals surface area (Å²) in [5.41, 5.74) is 7.85. The molecule has 0 saturated heterocycles. The number of carbonyl (C=O) groups excluding carboxylic acids is 1. The van der Waals surface area contributed by atoms with Gasteiger partial charge in [-0.05, 0) is 18.1 Å². The lowest BCUT2D eigenvalue weighted by molar-refractivity contribution is -0.123. The van der Waals surface area contributed by atoms with Crippen molar-refractivity contribution in [1.82, 2.24) is 5.32 Å². The van der Waals surface area contributed by atoms with Crippen molar-refractivity contribution in [2.45, 2.75) is 19.5 Å². The topological polar surface area (TPSA) is 64.3 Å². The van der Waals surface area contributed by atoms with Gasteiger partial charge in [-0.15, -0.1) is 0 Å². The summed E-state index contributed by atoms with van der Waals surface area (Å²) in [5.74, 6) is -0.190. The van der Waals surface area contributed by atoms with Crippen molar-refractivity contribution in [3.63, 3.8) is 0 Å². The lowest BCUT2D eigenvalue weighted by atomic mass is 10.1. The Balaban J connectivity index is 2.46. The summed E-state index contributed by atoms with van der Waals surface area (Å²) in [6.07, 6.45) is 0. The highest BCUT2D eigenvalue weighted by Crippen LogP contribution is 2.05. The van der Waals surface area contributed by atoms with E-state index in [9.17, 15) is 4.79 Å². The zero-order valence-corrected chi connectivity index (χ0v) is 9.69. The van der Waals surface area contributed by atoms with Gasteiger partial charge in [0.05, 0.1) is 6.61 Å². The SMILES string of the molecule is COCC(N)C(=O)NCc1ccccc1C. The first-order valence-corrected chi connectivity index (χ1v) is 5.22. The number of hydrogen-bond acceptors (Lipinski definition) is 3. The van der Waals surface area contributed by atoms with E-state index in [4.69, 9.17) is 10.5 Å². The molecule has 1 aromatic rings. The van der Waals surface area contributed by atoms with E-state index < -0.39 is 6.04 Å².